The van der Waals surface area contributed by atoms with Crippen molar-refractivity contribution >= 4 is 12.2 Å². The second kappa shape index (κ2) is 3.93. The Morgan fingerprint density at radius 1 is 1.57 bits per heavy atom. The second-order valence-electron chi connectivity index (χ2n) is 2.90. The van der Waals surface area contributed by atoms with Crippen molar-refractivity contribution in [3.8, 4) is 0 Å². The largest absolute Gasteiger partial charge is 0.373 e. The van der Waals surface area contributed by atoms with E-state index in [0.29, 0.717) is 0 Å². The summed E-state index contributed by atoms with van der Waals surface area (Å²) in [6.07, 6.45) is 3.47. The summed E-state index contributed by atoms with van der Waals surface area (Å²) in [5.74, 6) is 0.867. The molecule has 1 aliphatic rings. The molecule has 0 saturated carbocycles. The maximum Gasteiger partial charge on any atom is 0.128 e. The molecule has 0 amide bonds. The third-order valence-electron chi connectivity index (χ3n) is 1.89. The van der Waals surface area contributed by atoms with Crippen molar-refractivity contribution in [1.82, 2.24) is 21.1 Å². The number of hydrogen-bond acceptors (Lipinski definition) is 6. The van der Waals surface area contributed by atoms with Gasteiger partial charge in [0.1, 0.15) is 12.2 Å². The molecule has 0 unspecified atom stereocenters. The van der Waals surface area contributed by atoms with Crippen molar-refractivity contribution in [2.24, 2.45) is 5.10 Å². The van der Waals surface area contributed by atoms with E-state index in [9.17, 15) is 0 Å². The van der Waals surface area contributed by atoms with E-state index in [0.717, 1.165) is 17.9 Å². The molecule has 1 aromatic rings. The molecule has 0 atom stereocenters. The van der Waals surface area contributed by atoms with E-state index in [2.05, 4.69) is 26.5 Å². The first-order valence-corrected chi connectivity index (χ1v) is 4.31. The second-order valence-corrected chi connectivity index (χ2v) is 2.90. The van der Waals surface area contributed by atoms with E-state index in [1.54, 1.807) is 12.5 Å². The highest BCUT2D eigenvalue weighted by Crippen LogP contribution is 2.07. The number of nitrogens with zero attached hydrogens (tertiary/aromatic N) is 3. The fourth-order valence-electron chi connectivity index (χ4n) is 1.21. The van der Waals surface area contributed by atoms with Gasteiger partial charge in [-0.1, -0.05) is 0 Å². The Balaban J connectivity index is 2.04. The summed E-state index contributed by atoms with van der Waals surface area (Å²) in [7, 11) is 1.85. The Bertz CT molecular complexity index is 336. The van der Waals surface area contributed by atoms with Gasteiger partial charge in [-0.2, -0.15) is 5.10 Å². The van der Waals surface area contributed by atoms with Crippen LogP contribution in [0, 0.1) is 0 Å². The van der Waals surface area contributed by atoms with E-state index >= 15 is 0 Å². The summed E-state index contributed by atoms with van der Waals surface area (Å²) in [5, 5.41) is 8.65. The van der Waals surface area contributed by atoms with Crippen LogP contribution in [-0.2, 0) is 6.54 Å². The average molecular weight is 192 g/mol. The minimum Gasteiger partial charge on any atom is -0.373 e. The number of hydrazone groups is 1. The van der Waals surface area contributed by atoms with Gasteiger partial charge in [-0.3, -0.25) is 5.01 Å². The fraction of sp³-hybridized carbons (Fsp3) is 0.250. The number of hydrogen-bond donors (Lipinski definition) is 3. The molecule has 2 rings (SSSR count). The van der Waals surface area contributed by atoms with Gasteiger partial charge in [0.25, 0.3) is 0 Å². The molecule has 3 N–H and O–H groups in total. The Morgan fingerprint density at radius 2 is 2.50 bits per heavy atom. The summed E-state index contributed by atoms with van der Waals surface area (Å²) in [6, 6.07) is 3.96. The predicted molar refractivity (Wildman–Crippen MR) is 54.1 cm³/mol. The van der Waals surface area contributed by atoms with E-state index in [4.69, 9.17) is 0 Å². The normalized spacial score (nSPS) is 14.2. The lowest BCUT2D eigenvalue weighted by atomic mass is 10.2. The number of hydrazine groups is 2. The van der Waals surface area contributed by atoms with Crippen LogP contribution >= 0.6 is 0 Å². The molecular formula is C8H12N6. The summed E-state index contributed by atoms with van der Waals surface area (Å²) in [4.78, 5) is 4.13. The number of nitrogens with one attached hydrogen (secondary N) is 3. The molecule has 0 saturated heterocycles. The molecule has 6 heteroatoms. The summed E-state index contributed by atoms with van der Waals surface area (Å²) >= 11 is 0. The number of pyridine rings is 1. The maximum atomic E-state index is 4.13. The van der Waals surface area contributed by atoms with Crippen LogP contribution in [0.15, 0.2) is 23.4 Å². The first-order chi connectivity index (χ1) is 6.88. The lowest BCUT2D eigenvalue weighted by molar-refractivity contribution is 0.293. The van der Waals surface area contributed by atoms with E-state index in [-0.39, 0.29) is 0 Å². The predicted octanol–water partition coefficient (Wildman–Crippen LogP) is -0.109. The zero-order valence-electron chi connectivity index (χ0n) is 7.86. The molecule has 0 spiro atoms. The zero-order chi connectivity index (χ0) is 9.80. The quantitative estimate of drug-likeness (QED) is 0.623. The molecule has 1 aliphatic heterocycles. The highest BCUT2D eigenvalue weighted by Gasteiger charge is 2.05. The smallest absolute Gasteiger partial charge is 0.128 e. The number of aromatic nitrogens is 1. The SMILES string of the molecule is CNc1cc(CN2C=NNN2)ccn1. The average Bonchev–Trinajstić information content (AvgIpc) is 2.71. The van der Waals surface area contributed by atoms with Crippen molar-refractivity contribution in [3.05, 3.63) is 23.9 Å². The van der Waals surface area contributed by atoms with E-state index < -0.39 is 0 Å². The molecule has 0 radical (unpaired) electrons. The third kappa shape index (κ3) is 1.91. The van der Waals surface area contributed by atoms with Crippen LogP contribution in [0.4, 0.5) is 5.82 Å². The summed E-state index contributed by atoms with van der Waals surface area (Å²) in [6.45, 7) is 0.744. The van der Waals surface area contributed by atoms with Gasteiger partial charge >= 0.3 is 0 Å². The summed E-state index contributed by atoms with van der Waals surface area (Å²) < 4.78 is 0. The molecule has 1 aromatic heterocycles. The van der Waals surface area contributed by atoms with E-state index in [1.807, 2.05) is 24.2 Å². The molecule has 0 aromatic carbocycles. The first-order valence-electron chi connectivity index (χ1n) is 4.31. The van der Waals surface area contributed by atoms with Crippen molar-refractivity contribution in [1.29, 1.82) is 0 Å². The van der Waals surface area contributed by atoms with Gasteiger partial charge in [0.05, 0.1) is 6.54 Å². The Morgan fingerprint density at radius 3 is 3.21 bits per heavy atom. The molecule has 0 aliphatic carbocycles. The molecular weight excluding hydrogens is 180 g/mol. The number of rotatable bonds is 3. The maximum absolute atomic E-state index is 4.13. The lowest BCUT2D eigenvalue weighted by Gasteiger charge is -2.13. The molecule has 14 heavy (non-hydrogen) atoms. The molecule has 6 nitrogen and oxygen atoms in total. The molecule has 0 fully saturated rings. The van der Waals surface area contributed by atoms with Gasteiger partial charge in [0, 0.05) is 13.2 Å². The molecule has 2 heterocycles. The van der Waals surface area contributed by atoms with Crippen molar-refractivity contribution in [3.63, 3.8) is 0 Å². The van der Waals surface area contributed by atoms with Gasteiger partial charge in [-0.25, -0.2) is 10.5 Å². The Hall–Kier alpha value is -1.82. The minimum absolute atomic E-state index is 0.744. The van der Waals surface area contributed by atoms with Gasteiger partial charge < -0.3 is 5.32 Å². The van der Waals surface area contributed by atoms with Crippen LogP contribution < -0.4 is 16.4 Å². The highest BCUT2D eigenvalue weighted by atomic mass is 15.8. The van der Waals surface area contributed by atoms with Crippen LogP contribution in [0.1, 0.15) is 5.56 Å². The highest BCUT2D eigenvalue weighted by molar-refractivity contribution is 5.55. The van der Waals surface area contributed by atoms with Gasteiger partial charge in [0.2, 0.25) is 0 Å². The van der Waals surface area contributed by atoms with Crippen LogP contribution in [-0.4, -0.2) is 23.4 Å². The molecule has 74 valence electrons. The topological polar surface area (TPSA) is 64.6 Å². The summed E-state index contributed by atoms with van der Waals surface area (Å²) in [5.41, 5.74) is 6.66. The Kier molecular flexibility index (Phi) is 2.46. The van der Waals surface area contributed by atoms with Crippen molar-refractivity contribution in [2.45, 2.75) is 6.54 Å². The van der Waals surface area contributed by atoms with E-state index in [1.165, 1.54) is 0 Å². The first kappa shape index (κ1) is 8.76. The van der Waals surface area contributed by atoms with Crippen molar-refractivity contribution in [2.75, 3.05) is 12.4 Å². The minimum atomic E-state index is 0.744. The lowest BCUT2D eigenvalue weighted by Crippen LogP contribution is -2.36. The fourth-order valence-corrected chi connectivity index (χ4v) is 1.21. The number of anilines is 1. The van der Waals surface area contributed by atoms with Crippen LogP contribution in [0.2, 0.25) is 0 Å². The standard InChI is InChI=1S/C8H12N6/c1-9-8-4-7(2-3-10-8)5-14-6-11-12-13-14/h2-4,6,12-13H,5H2,1H3,(H,9,10). The zero-order valence-corrected chi connectivity index (χ0v) is 7.86. The Labute approximate surface area is 82.0 Å². The molecule has 0 bridgehead atoms. The van der Waals surface area contributed by atoms with Crippen molar-refractivity contribution < 1.29 is 0 Å². The van der Waals surface area contributed by atoms with Crippen LogP contribution in [0.5, 0.6) is 0 Å². The van der Waals surface area contributed by atoms with Crippen LogP contribution in [0.3, 0.4) is 0 Å². The van der Waals surface area contributed by atoms with Gasteiger partial charge in [-0.05, 0) is 17.7 Å². The monoisotopic (exact) mass is 192 g/mol. The van der Waals surface area contributed by atoms with Gasteiger partial charge in [0.15, 0.2) is 0 Å². The van der Waals surface area contributed by atoms with Gasteiger partial charge in [-0.15, -0.1) is 5.53 Å². The van der Waals surface area contributed by atoms with Crippen LogP contribution in [0.25, 0.3) is 0 Å². The third-order valence-corrected chi connectivity index (χ3v) is 1.89.